The van der Waals surface area contributed by atoms with Crippen molar-refractivity contribution in [3.05, 3.63) is 47.8 Å². The van der Waals surface area contributed by atoms with E-state index >= 15 is 0 Å². The molecule has 5 atom stereocenters. The van der Waals surface area contributed by atoms with E-state index in [1.807, 2.05) is 34.6 Å². The predicted molar refractivity (Wildman–Crippen MR) is 200 cm³/mol. The van der Waals surface area contributed by atoms with E-state index < -0.39 is 78.3 Å². The highest BCUT2D eigenvalue weighted by Crippen LogP contribution is 2.65. The van der Waals surface area contributed by atoms with Gasteiger partial charge in [0.1, 0.15) is 21.8 Å². The molecule has 53 heavy (non-hydrogen) atoms. The number of piperidine rings is 1. The molecule has 1 saturated heterocycles. The highest BCUT2D eigenvalue weighted by Gasteiger charge is 2.70. The summed E-state index contributed by atoms with van der Waals surface area (Å²) in [5.41, 5.74) is -3.07. The molecule has 1 aromatic heterocycles. The monoisotopic (exact) mass is 792 g/mol. The van der Waals surface area contributed by atoms with E-state index in [1.54, 1.807) is 38.3 Å². The normalized spacial score (nSPS) is 23.0. The van der Waals surface area contributed by atoms with Gasteiger partial charge in [-0.1, -0.05) is 79.7 Å². The molecule has 4 N–H and O–H groups in total. The maximum Gasteiger partial charge on any atom is 0.315 e. The van der Waals surface area contributed by atoms with Gasteiger partial charge in [-0.3, -0.25) is 14.4 Å². The zero-order chi connectivity index (χ0) is 39.5. The van der Waals surface area contributed by atoms with Crippen LogP contribution in [-0.4, -0.2) is 93.6 Å². The van der Waals surface area contributed by atoms with Crippen molar-refractivity contribution >= 4 is 55.1 Å². The summed E-state index contributed by atoms with van der Waals surface area (Å²) in [5, 5.41) is 10.2. The number of likely N-dealkylation sites (tertiary alicyclic amines) is 1. The van der Waals surface area contributed by atoms with Gasteiger partial charge in [0.05, 0.1) is 4.90 Å². The summed E-state index contributed by atoms with van der Waals surface area (Å²) in [6, 6.07) is 7.29. The smallest absolute Gasteiger partial charge is 0.315 e. The van der Waals surface area contributed by atoms with E-state index in [-0.39, 0.29) is 52.3 Å². The molecule has 3 fully saturated rings. The number of nitrogens with zero attached hydrogens (tertiary/aromatic N) is 2. The molecule has 292 valence electrons. The van der Waals surface area contributed by atoms with Crippen LogP contribution in [0.25, 0.3) is 0 Å². The number of urea groups is 1. The topological polar surface area (TPSA) is 191 Å². The summed E-state index contributed by atoms with van der Waals surface area (Å²) in [4.78, 5) is 57.0. The molecule has 5 unspecified atom stereocenters. The van der Waals surface area contributed by atoms with Crippen molar-refractivity contribution in [3.63, 3.8) is 0 Å². The first kappa shape index (κ1) is 40.6. The van der Waals surface area contributed by atoms with E-state index in [0.29, 0.717) is 0 Å². The lowest BCUT2D eigenvalue weighted by molar-refractivity contribution is -0.144. The highest BCUT2D eigenvalue weighted by molar-refractivity contribution is 7.91. The first-order chi connectivity index (χ1) is 24.3. The maximum atomic E-state index is 14.5. The molecule has 5 rings (SSSR count). The molecule has 1 aromatic carbocycles. The van der Waals surface area contributed by atoms with Crippen LogP contribution in [-0.2, 0) is 34.4 Å². The first-order valence-corrected chi connectivity index (χ1v) is 21.4. The van der Waals surface area contributed by atoms with Crippen LogP contribution >= 0.6 is 11.3 Å². The number of carbonyl (C=O) groups is 4. The summed E-state index contributed by atoms with van der Waals surface area (Å²) in [6.45, 7) is 15.3. The molecular formula is C36H52N6O8S3. The van der Waals surface area contributed by atoms with Crippen molar-refractivity contribution in [1.29, 1.82) is 0 Å². The van der Waals surface area contributed by atoms with Crippen molar-refractivity contribution in [3.8, 4) is 0 Å². The molecule has 2 saturated carbocycles. The third-order valence-electron chi connectivity index (χ3n) is 10.9. The van der Waals surface area contributed by atoms with Gasteiger partial charge in [0.2, 0.25) is 11.8 Å². The van der Waals surface area contributed by atoms with Crippen LogP contribution in [0.2, 0.25) is 0 Å². The minimum atomic E-state index is -4.18. The van der Waals surface area contributed by atoms with Gasteiger partial charge in [0.15, 0.2) is 0 Å². The second kappa shape index (κ2) is 13.9. The number of thiophene rings is 1. The van der Waals surface area contributed by atoms with E-state index in [9.17, 15) is 36.0 Å². The van der Waals surface area contributed by atoms with Crippen LogP contribution in [0, 0.1) is 28.1 Å². The summed E-state index contributed by atoms with van der Waals surface area (Å²) in [7, 11) is -6.51. The average Bonchev–Trinajstić information content (AvgIpc) is 3.68. The number of hydrogen-bond acceptors (Lipinski definition) is 9. The van der Waals surface area contributed by atoms with Crippen LogP contribution in [0.5, 0.6) is 0 Å². The Morgan fingerprint density at radius 2 is 1.55 bits per heavy atom. The summed E-state index contributed by atoms with van der Waals surface area (Å²) in [5.74, 6) is -2.07. The number of rotatable bonds is 12. The van der Waals surface area contributed by atoms with Gasteiger partial charge >= 0.3 is 6.03 Å². The predicted octanol–water partition coefficient (Wildman–Crippen LogP) is 3.13. The zero-order valence-corrected chi connectivity index (χ0v) is 34.2. The maximum absolute atomic E-state index is 14.5. The summed E-state index contributed by atoms with van der Waals surface area (Å²) in [6.07, 6.45) is 0.469. The minimum Gasteiger partial charge on any atom is -0.340 e. The van der Waals surface area contributed by atoms with Gasteiger partial charge in [-0.05, 0) is 64.5 Å². The van der Waals surface area contributed by atoms with Crippen LogP contribution < -0.4 is 20.7 Å². The molecule has 1 aliphatic heterocycles. The number of fused-ring (bicyclic) bond motifs is 1. The van der Waals surface area contributed by atoms with Crippen molar-refractivity contribution in [2.75, 3.05) is 20.1 Å². The van der Waals surface area contributed by atoms with Gasteiger partial charge < -0.3 is 20.9 Å². The SMILES string of the molecule is CN(CC(NC(=O)NC(C(=O)N1CC2C(C1C(=O)NC1(C(=O)NS(=O)(=O)c3ccccc3)CC1)C2(C)C)C(C)(C)C)C(C)(C)C)S(=O)(=O)c1cccs1. The Bertz CT molecular complexity index is 1950. The van der Waals surface area contributed by atoms with E-state index in [4.69, 9.17) is 0 Å². The van der Waals surface area contributed by atoms with Gasteiger partial charge in [0, 0.05) is 26.2 Å². The Morgan fingerprint density at radius 3 is 2.08 bits per heavy atom. The Morgan fingerprint density at radius 1 is 0.925 bits per heavy atom. The Kier molecular flexibility index (Phi) is 10.7. The first-order valence-electron chi connectivity index (χ1n) is 17.6. The lowest BCUT2D eigenvalue weighted by Crippen LogP contribution is -2.63. The second-order valence-corrected chi connectivity index (χ2v) is 22.2. The standard InChI is InChI=1S/C36H52N6O8S3/c1-33(2,3)24(21-41(9)53(49,50)25-16-13-19-51-25)37-32(46)38-28(34(4,5)6)30(44)42-20-23-26(35(23,7)8)27(42)29(43)39-36(17-18-36)31(45)40-52(47,48)22-14-11-10-12-15-22/h10-16,19,23-24,26-28H,17-18,20-21H2,1-9H3,(H,39,43)(H,40,45)(H2,37,38,46). The molecule has 3 aliphatic rings. The molecular weight excluding hydrogens is 741 g/mol. The molecule has 14 nitrogen and oxygen atoms in total. The summed E-state index contributed by atoms with van der Waals surface area (Å²) < 4.78 is 55.6. The Balaban J connectivity index is 1.31. The molecule has 17 heteroatoms. The molecule has 0 spiro atoms. The fraction of sp³-hybridized carbons (Fsp3) is 0.611. The van der Waals surface area contributed by atoms with Crippen LogP contribution in [0.4, 0.5) is 4.79 Å². The van der Waals surface area contributed by atoms with Crippen molar-refractivity contribution in [2.45, 2.75) is 101 Å². The third-order valence-corrected chi connectivity index (χ3v) is 15.5. The zero-order valence-electron chi connectivity index (χ0n) is 31.7. The number of nitrogens with one attached hydrogen (secondary N) is 4. The quantitative estimate of drug-likeness (QED) is 0.252. The van der Waals surface area contributed by atoms with Gasteiger partial charge in [-0.2, -0.15) is 4.31 Å². The number of sulfonamides is 2. The highest BCUT2D eigenvalue weighted by atomic mass is 32.2. The molecule has 5 amide bonds. The number of hydrogen-bond donors (Lipinski definition) is 4. The minimum absolute atomic E-state index is 0.00480. The van der Waals surface area contributed by atoms with Gasteiger partial charge in [-0.15, -0.1) is 11.3 Å². The van der Waals surface area contributed by atoms with Gasteiger partial charge in [-0.25, -0.2) is 26.4 Å². The largest absolute Gasteiger partial charge is 0.340 e. The Labute approximate surface area is 316 Å². The van der Waals surface area contributed by atoms with Crippen LogP contribution in [0.3, 0.4) is 0 Å². The average molecular weight is 793 g/mol. The van der Waals surface area contributed by atoms with Crippen LogP contribution in [0.15, 0.2) is 56.9 Å². The van der Waals surface area contributed by atoms with Crippen molar-refractivity contribution < 1.29 is 36.0 Å². The van der Waals surface area contributed by atoms with Crippen molar-refractivity contribution in [1.82, 2.24) is 29.9 Å². The Hall–Kier alpha value is -3.54. The second-order valence-electron chi connectivity index (χ2n) is 17.3. The number of carbonyl (C=O) groups excluding carboxylic acids is 4. The lowest BCUT2D eigenvalue weighted by atomic mass is 9.85. The van der Waals surface area contributed by atoms with Crippen LogP contribution in [0.1, 0.15) is 68.2 Å². The van der Waals surface area contributed by atoms with E-state index in [2.05, 4.69) is 20.7 Å². The fourth-order valence-electron chi connectivity index (χ4n) is 7.14. The van der Waals surface area contributed by atoms with E-state index in [0.717, 1.165) is 11.3 Å². The lowest BCUT2D eigenvalue weighted by Gasteiger charge is -2.39. The number of benzene rings is 1. The number of likely N-dealkylation sites (N-methyl/N-ethyl adjacent to an activating group) is 1. The number of amides is 5. The molecule has 0 radical (unpaired) electrons. The molecule has 0 bridgehead atoms. The summed E-state index contributed by atoms with van der Waals surface area (Å²) >= 11 is 1.10. The molecule has 2 aliphatic carbocycles. The van der Waals surface area contributed by atoms with Gasteiger partial charge in [0.25, 0.3) is 26.0 Å². The molecule has 2 aromatic rings. The fourth-order valence-corrected chi connectivity index (χ4v) is 10.6. The van der Waals surface area contributed by atoms with Crippen molar-refractivity contribution in [2.24, 2.45) is 28.1 Å². The molecule has 2 heterocycles. The van der Waals surface area contributed by atoms with E-state index in [1.165, 1.54) is 46.6 Å². The third kappa shape index (κ3) is 8.27.